The van der Waals surface area contributed by atoms with Crippen molar-refractivity contribution in [2.45, 2.75) is 107 Å². The number of carbonyl (C=O) groups excluding carboxylic acids is 1. The number of hydrogen-bond donors (Lipinski definition) is 0. The highest BCUT2D eigenvalue weighted by Gasteiger charge is 2.31. The van der Waals surface area contributed by atoms with Crippen LogP contribution < -0.4 is 0 Å². The van der Waals surface area contributed by atoms with E-state index in [-0.39, 0.29) is 0 Å². The average Bonchev–Trinajstić information content (AvgIpc) is 3.81. The summed E-state index contributed by atoms with van der Waals surface area (Å²) in [5.41, 5.74) is 7.17. The van der Waals surface area contributed by atoms with Crippen molar-refractivity contribution in [2.75, 3.05) is 26.2 Å². The largest absolute Gasteiger partial charge is 0.371 e. The van der Waals surface area contributed by atoms with Crippen molar-refractivity contribution in [3.05, 3.63) is 70.6 Å². The molecule has 2 aliphatic rings. The quantitative estimate of drug-likeness (QED) is 0.125. The van der Waals surface area contributed by atoms with Crippen molar-refractivity contribution in [3.8, 4) is 6.07 Å². The summed E-state index contributed by atoms with van der Waals surface area (Å²) in [4.78, 5) is 21.6. The lowest BCUT2D eigenvalue weighted by Crippen LogP contribution is -2.48. The van der Waals surface area contributed by atoms with Gasteiger partial charge in [0.25, 0.3) is 0 Å². The van der Waals surface area contributed by atoms with Crippen molar-refractivity contribution >= 4 is 11.6 Å². The van der Waals surface area contributed by atoms with Gasteiger partial charge < -0.3 is 9.80 Å². The van der Waals surface area contributed by atoms with Gasteiger partial charge in [0.15, 0.2) is 0 Å². The van der Waals surface area contributed by atoms with Gasteiger partial charge in [-0.1, -0.05) is 70.9 Å². The molecular weight excluding hydrogens is 516 g/mol. The molecule has 0 radical (unpaired) electrons. The van der Waals surface area contributed by atoms with Gasteiger partial charge in [-0.25, -0.2) is 0 Å². The normalized spacial score (nSPS) is 17.9. The van der Waals surface area contributed by atoms with Gasteiger partial charge in [0.05, 0.1) is 11.6 Å². The fourth-order valence-corrected chi connectivity index (χ4v) is 5.08. The number of rotatable bonds is 13. The molecule has 0 unspecified atom stereocenters. The van der Waals surface area contributed by atoms with Gasteiger partial charge in [0.2, 0.25) is 5.91 Å². The molecule has 1 saturated carbocycles. The van der Waals surface area contributed by atoms with Crippen molar-refractivity contribution in [1.82, 2.24) is 9.80 Å². The van der Waals surface area contributed by atoms with Crippen LogP contribution in [0.3, 0.4) is 0 Å². The second kappa shape index (κ2) is 20.7. The monoisotopic (exact) mass is 574 g/mol. The summed E-state index contributed by atoms with van der Waals surface area (Å²) in [5, 5.41) is 8.85. The van der Waals surface area contributed by atoms with E-state index in [1.54, 1.807) is 0 Å². The Balaban J connectivity index is 0.000000532. The topological polar surface area (TPSA) is 59.7 Å². The third-order valence-electron chi connectivity index (χ3n) is 7.46. The molecule has 2 fully saturated rings. The summed E-state index contributed by atoms with van der Waals surface area (Å²) < 4.78 is 0. The Morgan fingerprint density at radius 2 is 1.62 bits per heavy atom. The molecule has 1 saturated heterocycles. The number of carbonyl (C=O) groups is 1. The second-order valence-corrected chi connectivity index (χ2v) is 11.8. The van der Waals surface area contributed by atoms with E-state index in [2.05, 4.69) is 85.4 Å². The summed E-state index contributed by atoms with van der Waals surface area (Å²) in [6, 6.07) is 2.18. The Hall–Kier alpha value is -3.13. The third-order valence-corrected chi connectivity index (χ3v) is 7.46. The molecule has 0 aromatic heterocycles. The Labute approximate surface area is 258 Å². The van der Waals surface area contributed by atoms with Gasteiger partial charge in [-0.2, -0.15) is 5.26 Å². The molecule has 1 heterocycles. The summed E-state index contributed by atoms with van der Waals surface area (Å²) in [6.07, 6.45) is 21.5. The highest BCUT2D eigenvalue weighted by atomic mass is 16.2. The van der Waals surface area contributed by atoms with E-state index in [0.29, 0.717) is 24.2 Å². The molecule has 1 aliphatic carbocycles. The van der Waals surface area contributed by atoms with E-state index in [0.717, 1.165) is 63.1 Å². The number of piperazine rings is 1. The second-order valence-electron chi connectivity index (χ2n) is 11.8. The maximum absolute atomic E-state index is 12.4. The highest BCUT2D eigenvalue weighted by molar-refractivity contribution is 6.03. The van der Waals surface area contributed by atoms with Gasteiger partial charge in [-0.05, 0) is 89.4 Å². The number of aliphatic imine (C=N–C) groups is 1. The molecule has 0 spiro atoms. The van der Waals surface area contributed by atoms with E-state index in [1.165, 1.54) is 35.3 Å². The summed E-state index contributed by atoms with van der Waals surface area (Å²) in [5.74, 6) is 1.40. The van der Waals surface area contributed by atoms with E-state index < -0.39 is 0 Å². The van der Waals surface area contributed by atoms with Crippen LogP contribution in [-0.2, 0) is 4.79 Å². The zero-order valence-electron chi connectivity index (χ0n) is 28.2. The van der Waals surface area contributed by atoms with Crippen molar-refractivity contribution < 1.29 is 4.79 Å². The number of nitrogens with zero attached hydrogens (tertiary/aromatic N) is 4. The molecule has 42 heavy (non-hydrogen) atoms. The summed E-state index contributed by atoms with van der Waals surface area (Å²) in [6.45, 7) is 22.6. The minimum atomic E-state index is 0.297. The van der Waals surface area contributed by atoms with Crippen LogP contribution in [-0.4, -0.2) is 47.6 Å². The van der Waals surface area contributed by atoms with Crippen LogP contribution in [0.25, 0.3) is 0 Å². The molecule has 0 aromatic carbocycles. The minimum absolute atomic E-state index is 0.297. The first-order valence-electron chi connectivity index (χ1n) is 16.2. The molecule has 5 heteroatoms. The standard InChI is InChI=1S/C24H39N3O.C13H19N/c1-7-9-12-25-19(5)24(22(8-2)21-10-11-21)20(6)26-13-15-27(16-14-26)23(28)17-18(3)4;1-4-6-7-9-13(11-14)10-12(3)8-5-2/h8-9,12,18,21H,7,10-11,13-17H2,1-6H3;6-7,9-10H,4-5,8H2,1-3H3/b12-9+,22-8-,24-20-,25-19+;7-6+,12-10+,13-9+. The van der Waals surface area contributed by atoms with Crippen LogP contribution in [0.5, 0.6) is 0 Å². The predicted molar refractivity (Wildman–Crippen MR) is 181 cm³/mol. The van der Waals surface area contributed by atoms with Crippen molar-refractivity contribution in [2.24, 2.45) is 16.8 Å². The lowest BCUT2D eigenvalue weighted by atomic mass is 9.94. The lowest BCUT2D eigenvalue weighted by molar-refractivity contribution is -0.133. The Morgan fingerprint density at radius 3 is 2.12 bits per heavy atom. The SMILES string of the molecule is CC/C=C/C=C(C#N)\C=C(/C)CCC.C\C=C(C(/C(C)=N/C=C/CC)=C(/C)N1CCN(C(=O)CC(C)C)CC1)\C1CC1. The smallest absolute Gasteiger partial charge is 0.222 e. The molecule has 0 bridgehead atoms. The molecule has 2 rings (SSSR count). The first-order valence-corrected chi connectivity index (χ1v) is 16.2. The van der Waals surface area contributed by atoms with E-state index in [4.69, 9.17) is 10.3 Å². The number of hydrogen-bond acceptors (Lipinski definition) is 4. The first-order chi connectivity index (χ1) is 20.1. The number of amides is 1. The lowest BCUT2D eigenvalue weighted by Gasteiger charge is -2.38. The summed E-state index contributed by atoms with van der Waals surface area (Å²) >= 11 is 0. The van der Waals surface area contributed by atoms with Gasteiger partial charge in [-0.3, -0.25) is 9.79 Å². The first kappa shape index (κ1) is 36.9. The van der Waals surface area contributed by atoms with Gasteiger partial charge >= 0.3 is 0 Å². The fourth-order valence-electron chi connectivity index (χ4n) is 5.08. The molecular formula is C37H58N4O. The van der Waals surface area contributed by atoms with Crippen LogP contribution in [0.15, 0.2) is 75.6 Å². The third kappa shape index (κ3) is 13.7. The van der Waals surface area contributed by atoms with Crippen LogP contribution >= 0.6 is 0 Å². The molecule has 5 nitrogen and oxygen atoms in total. The van der Waals surface area contributed by atoms with Crippen molar-refractivity contribution in [1.29, 1.82) is 5.26 Å². The van der Waals surface area contributed by atoms with Gasteiger partial charge in [-0.15, -0.1) is 0 Å². The maximum Gasteiger partial charge on any atom is 0.222 e. The molecule has 0 atom stereocenters. The highest BCUT2D eigenvalue weighted by Crippen LogP contribution is 2.41. The molecule has 0 aromatic rings. The van der Waals surface area contributed by atoms with Gasteiger partial charge in [0, 0.05) is 55.8 Å². The van der Waals surface area contributed by atoms with E-state index in [9.17, 15) is 4.79 Å². The zero-order chi connectivity index (χ0) is 31.5. The van der Waals surface area contributed by atoms with Crippen molar-refractivity contribution in [3.63, 3.8) is 0 Å². The molecule has 232 valence electrons. The average molecular weight is 575 g/mol. The van der Waals surface area contributed by atoms with Crippen LogP contribution in [0.2, 0.25) is 0 Å². The molecule has 1 aliphatic heterocycles. The molecule has 0 N–H and O–H groups in total. The zero-order valence-corrected chi connectivity index (χ0v) is 28.2. The number of allylic oxidation sites excluding steroid dienone is 11. The Morgan fingerprint density at radius 1 is 1.00 bits per heavy atom. The van der Waals surface area contributed by atoms with Crippen LogP contribution in [0.4, 0.5) is 0 Å². The van der Waals surface area contributed by atoms with Crippen LogP contribution in [0, 0.1) is 23.2 Å². The maximum atomic E-state index is 12.4. The van der Waals surface area contributed by atoms with Gasteiger partial charge in [0.1, 0.15) is 0 Å². The van der Waals surface area contributed by atoms with E-state index in [1.807, 2.05) is 35.4 Å². The number of nitriles is 1. The molecule has 1 amide bonds. The van der Waals surface area contributed by atoms with E-state index >= 15 is 0 Å². The predicted octanol–water partition coefficient (Wildman–Crippen LogP) is 9.34. The minimum Gasteiger partial charge on any atom is -0.371 e. The Kier molecular flexibility index (Phi) is 18.2. The van der Waals surface area contributed by atoms with Crippen LogP contribution in [0.1, 0.15) is 107 Å². The summed E-state index contributed by atoms with van der Waals surface area (Å²) in [7, 11) is 0. The Bertz CT molecular complexity index is 1100. The fraction of sp³-hybridized carbons (Fsp3) is 0.595.